The Bertz CT molecular complexity index is 299. The van der Waals surface area contributed by atoms with Crippen molar-refractivity contribution in [1.29, 1.82) is 0 Å². The highest BCUT2D eigenvalue weighted by atomic mass is 16.2. The van der Waals surface area contributed by atoms with Crippen LogP contribution in [0, 0.1) is 0 Å². The van der Waals surface area contributed by atoms with Crippen LogP contribution in [0.3, 0.4) is 0 Å². The molecule has 0 radical (unpaired) electrons. The van der Waals surface area contributed by atoms with Crippen molar-refractivity contribution in [2.75, 3.05) is 6.54 Å². The summed E-state index contributed by atoms with van der Waals surface area (Å²) in [6.07, 6.45) is 7.71. The van der Waals surface area contributed by atoms with E-state index in [1.807, 2.05) is 0 Å². The van der Waals surface area contributed by atoms with Crippen molar-refractivity contribution in [3.63, 3.8) is 0 Å². The Morgan fingerprint density at radius 3 is 2.71 bits per heavy atom. The van der Waals surface area contributed by atoms with Crippen molar-refractivity contribution >= 4 is 5.91 Å². The van der Waals surface area contributed by atoms with Crippen LogP contribution in [0.5, 0.6) is 0 Å². The van der Waals surface area contributed by atoms with Gasteiger partial charge in [0.2, 0.25) is 5.91 Å². The van der Waals surface area contributed by atoms with Gasteiger partial charge < -0.3 is 16.0 Å². The van der Waals surface area contributed by atoms with Crippen LogP contribution < -0.4 is 11.1 Å². The molecule has 0 bridgehead atoms. The summed E-state index contributed by atoms with van der Waals surface area (Å²) in [5, 5.41) is 3.72. The van der Waals surface area contributed by atoms with Gasteiger partial charge in [-0.2, -0.15) is 0 Å². The molecule has 2 atom stereocenters. The fraction of sp³-hybridized carbons (Fsp3) is 0.923. The third-order valence-electron chi connectivity index (χ3n) is 4.70. The van der Waals surface area contributed by atoms with E-state index in [0.29, 0.717) is 36.5 Å². The largest absolute Gasteiger partial charge is 0.338 e. The lowest BCUT2D eigenvalue weighted by atomic mass is 9.90. The predicted octanol–water partition coefficient (Wildman–Crippen LogP) is 0.609. The van der Waals surface area contributed by atoms with Gasteiger partial charge in [-0.15, -0.1) is 0 Å². The number of nitrogens with one attached hydrogen (secondary N) is 1. The third kappa shape index (κ3) is 2.20. The normalized spacial score (nSPS) is 41.9. The summed E-state index contributed by atoms with van der Waals surface area (Å²) in [5.74, 6) is 0.359. The van der Waals surface area contributed by atoms with Gasteiger partial charge in [0.15, 0.2) is 0 Å². The second-order valence-electron chi connectivity index (χ2n) is 5.89. The van der Waals surface area contributed by atoms with Gasteiger partial charge in [0.25, 0.3) is 0 Å². The molecule has 3 aliphatic rings. The average Bonchev–Trinajstić information content (AvgIpc) is 2.88. The molecule has 96 valence electrons. The van der Waals surface area contributed by atoms with Gasteiger partial charge in [-0.05, 0) is 38.5 Å². The highest BCUT2D eigenvalue weighted by molar-refractivity contribution is 5.80. The summed E-state index contributed by atoms with van der Waals surface area (Å²) in [7, 11) is 0. The minimum atomic E-state index is 0.359. The summed E-state index contributed by atoms with van der Waals surface area (Å²) in [6, 6.07) is 1.89. The van der Waals surface area contributed by atoms with E-state index in [1.165, 1.54) is 25.7 Å². The summed E-state index contributed by atoms with van der Waals surface area (Å²) in [4.78, 5) is 13.9. The molecule has 0 aromatic rings. The lowest BCUT2D eigenvalue weighted by Crippen LogP contribution is -2.47. The molecule has 3 fully saturated rings. The maximum absolute atomic E-state index is 11.8. The summed E-state index contributed by atoms with van der Waals surface area (Å²) in [6.45, 7) is 0.983. The Hall–Kier alpha value is -0.610. The van der Waals surface area contributed by atoms with Crippen LogP contribution in [-0.4, -0.2) is 41.5 Å². The van der Waals surface area contributed by atoms with Crippen molar-refractivity contribution in [1.82, 2.24) is 10.2 Å². The number of amides is 1. The zero-order valence-electron chi connectivity index (χ0n) is 10.4. The van der Waals surface area contributed by atoms with E-state index in [0.717, 1.165) is 19.4 Å². The molecule has 2 unspecified atom stereocenters. The summed E-state index contributed by atoms with van der Waals surface area (Å²) in [5.41, 5.74) is 5.92. The van der Waals surface area contributed by atoms with E-state index in [-0.39, 0.29) is 0 Å². The van der Waals surface area contributed by atoms with Crippen molar-refractivity contribution in [3.05, 3.63) is 0 Å². The van der Waals surface area contributed by atoms with E-state index in [4.69, 9.17) is 5.73 Å². The fourth-order valence-electron chi connectivity index (χ4n) is 3.72. The van der Waals surface area contributed by atoms with Gasteiger partial charge in [-0.1, -0.05) is 0 Å². The average molecular weight is 237 g/mol. The standard InChI is InChI=1S/C13H23N3O/c14-9-3-5-10(6-4-9)15-11-8-13(17)16-7-1-2-12(11)16/h9-12,15H,1-8,14H2. The molecule has 2 heterocycles. The van der Waals surface area contributed by atoms with Gasteiger partial charge in [0.05, 0.1) is 0 Å². The zero-order chi connectivity index (χ0) is 11.8. The van der Waals surface area contributed by atoms with Crippen LogP contribution >= 0.6 is 0 Å². The molecule has 1 saturated carbocycles. The van der Waals surface area contributed by atoms with E-state index >= 15 is 0 Å². The number of hydrogen-bond donors (Lipinski definition) is 2. The molecule has 0 spiro atoms. The molecule has 0 aromatic heterocycles. The molecule has 1 amide bonds. The maximum atomic E-state index is 11.8. The number of carbonyl (C=O) groups is 1. The molecule has 3 rings (SSSR count). The van der Waals surface area contributed by atoms with Crippen LogP contribution in [-0.2, 0) is 4.79 Å². The Kier molecular flexibility index (Phi) is 3.09. The second kappa shape index (κ2) is 4.58. The first-order valence-electron chi connectivity index (χ1n) is 7.05. The van der Waals surface area contributed by atoms with Gasteiger partial charge >= 0.3 is 0 Å². The molecule has 4 nitrogen and oxygen atoms in total. The van der Waals surface area contributed by atoms with Gasteiger partial charge in [-0.3, -0.25) is 4.79 Å². The lowest BCUT2D eigenvalue weighted by Gasteiger charge is -2.31. The van der Waals surface area contributed by atoms with Gasteiger partial charge in [0, 0.05) is 37.1 Å². The molecule has 2 aliphatic heterocycles. The highest BCUT2D eigenvalue weighted by Crippen LogP contribution is 2.30. The number of fused-ring (bicyclic) bond motifs is 1. The Balaban J connectivity index is 1.57. The highest BCUT2D eigenvalue weighted by Gasteiger charge is 2.42. The number of nitrogens with zero attached hydrogens (tertiary/aromatic N) is 1. The Morgan fingerprint density at radius 2 is 1.94 bits per heavy atom. The Labute approximate surface area is 103 Å². The minimum Gasteiger partial charge on any atom is -0.338 e. The SMILES string of the molecule is NC1CCC(NC2CC(=O)N3CCCC23)CC1. The summed E-state index contributed by atoms with van der Waals surface area (Å²) >= 11 is 0. The Morgan fingerprint density at radius 1 is 1.18 bits per heavy atom. The molecule has 0 aromatic carbocycles. The maximum Gasteiger partial charge on any atom is 0.224 e. The monoisotopic (exact) mass is 237 g/mol. The quantitative estimate of drug-likeness (QED) is 0.740. The van der Waals surface area contributed by atoms with E-state index < -0.39 is 0 Å². The van der Waals surface area contributed by atoms with Crippen molar-refractivity contribution < 1.29 is 4.79 Å². The lowest BCUT2D eigenvalue weighted by molar-refractivity contribution is -0.127. The molecule has 17 heavy (non-hydrogen) atoms. The number of rotatable bonds is 2. The van der Waals surface area contributed by atoms with E-state index in [1.54, 1.807) is 0 Å². The topological polar surface area (TPSA) is 58.4 Å². The first kappa shape index (κ1) is 11.5. The fourth-order valence-corrected chi connectivity index (χ4v) is 3.72. The summed E-state index contributed by atoms with van der Waals surface area (Å²) < 4.78 is 0. The van der Waals surface area contributed by atoms with Gasteiger partial charge in [0.1, 0.15) is 0 Å². The minimum absolute atomic E-state index is 0.359. The van der Waals surface area contributed by atoms with Crippen molar-refractivity contribution in [2.45, 2.75) is 69.1 Å². The third-order valence-corrected chi connectivity index (χ3v) is 4.70. The molecule has 4 heteroatoms. The first-order valence-corrected chi connectivity index (χ1v) is 7.05. The number of nitrogens with two attached hydrogens (primary N) is 1. The molecule has 1 aliphatic carbocycles. The predicted molar refractivity (Wildman–Crippen MR) is 66.5 cm³/mol. The number of carbonyl (C=O) groups excluding carboxylic acids is 1. The molecule has 3 N–H and O–H groups in total. The van der Waals surface area contributed by atoms with Crippen LogP contribution in [0.2, 0.25) is 0 Å². The van der Waals surface area contributed by atoms with E-state index in [9.17, 15) is 4.79 Å². The van der Waals surface area contributed by atoms with Crippen molar-refractivity contribution in [3.8, 4) is 0 Å². The molecular formula is C13H23N3O. The zero-order valence-corrected chi connectivity index (χ0v) is 10.4. The van der Waals surface area contributed by atoms with Crippen LogP contribution in [0.4, 0.5) is 0 Å². The smallest absolute Gasteiger partial charge is 0.224 e. The number of hydrogen-bond acceptors (Lipinski definition) is 3. The molecular weight excluding hydrogens is 214 g/mol. The van der Waals surface area contributed by atoms with Crippen molar-refractivity contribution in [2.24, 2.45) is 5.73 Å². The van der Waals surface area contributed by atoms with Crippen LogP contribution in [0.25, 0.3) is 0 Å². The van der Waals surface area contributed by atoms with Gasteiger partial charge in [-0.25, -0.2) is 0 Å². The first-order chi connectivity index (χ1) is 8.24. The van der Waals surface area contributed by atoms with Crippen LogP contribution in [0.1, 0.15) is 44.9 Å². The molecule has 2 saturated heterocycles. The van der Waals surface area contributed by atoms with E-state index in [2.05, 4.69) is 10.2 Å². The second-order valence-corrected chi connectivity index (χ2v) is 5.89. The van der Waals surface area contributed by atoms with Crippen LogP contribution in [0.15, 0.2) is 0 Å².